The normalized spacial score (nSPS) is 14.8. The Hall–Kier alpha value is -0.940. The van der Waals surface area contributed by atoms with Crippen LogP contribution in [0.1, 0.15) is 32.5 Å². The predicted octanol–water partition coefficient (Wildman–Crippen LogP) is 1.24. The summed E-state index contributed by atoms with van der Waals surface area (Å²) in [5, 5.41) is 7.55. The lowest BCUT2D eigenvalue weighted by Crippen LogP contribution is -2.41. The molecule has 0 radical (unpaired) electrons. The summed E-state index contributed by atoms with van der Waals surface area (Å²) >= 11 is 0. The lowest BCUT2D eigenvalue weighted by molar-refractivity contribution is 0.0668. The average Bonchev–Trinajstić information content (AvgIpc) is 2.77. The van der Waals surface area contributed by atoms with Crippen LogP contribution < -0.4 is 5.32 Å². The van der Waals surface area contributed by atoms with Crippen molar-refractivity contribution in [1.29, 1.82) is 0 Å². The first kappa shape index (κ1) is 14.1. The maximum absolute atomic E-state index is 5.48. The Balaban J connectivity index is 2.69. The molecule has 1 N–H and O–H groups in total. The van der Waals surface area contributed by atoms with Gasteiger partial charge in [0.2, 0.25) is 0 Å². The van der Waals surface area contributed by atoms with Gasteiger partial charge < -0.3 is 10.1 Å². The second kappa shape index (κ2) is 7.40. The monoisotopic (exact) mass is 240 g/mol. The van der Waals surface area contributed by atoms with E-state index in [4.69, 9.17) is 4.74 Å². The SMILES string of the molecule is CCCn1ncnc1CC(NC)C(CC)OC. The second-order valence-corrected chi connectivity index (χ2v) is 4.18. The average molecular weight is 240 g/mol. The summed E-state index contributed by atoms with van der Waals surface area (Å²) in [7, 11) is 3.72. The van der Waals surface area contributed by atoms with E-state index in [9.17, 15) is 0 Å². The minimum atomic E-state index is 0.215. The van der Waals surface area contributed by atoms with Crippen molar-refractivity contribution in [3.8, 4) is 0 Å². The molecule has 0 aliphatic carbocycles. The molecule has 0 amide bonds. The van der Waals surface area contributed by atoms with Gasteiger partial charge >= 0.3 is 0 Å². The van der Waals surface area contributed by atoms with Crippen molar-refractivity contribution in [3.05, 3.63) is 12.2 Å². The summed E-state index contributed by atoms with van der Waals surface area (Å²) < 4.78 is 7.46. The van der Waals surface area contributed by atoms with E-state index in [-0.39, 0.29) is 12.1 Å². The van der Waals surface area contributed by atoms with Crippen LogP contribution in [0.3, 0.4) is 0 Å². The van der Waals surface area contributed by atoms with Crippen LogP contribution in [-0.2, 0) is 17.7 Å². The van der Waals surface area contributed by atoms with Gasteiger partial charge in [-0.05, 0) is 19.9 Å². The minimum Gasteiger partial charge on any atom is -0.380 e. The zero-order valence-electron chi connectivity index (χ0n) is 11.3. The van der Waals surface area contributed by atoms with Gasteiger partial charge in [0.15, 0.2) is 0 Å². The molecule has 0 bridgehead atoms. The van der Waals surface area contributed by atoms with Crippen LogP contribution in [0.25, 0.3) is 0 Å². The van der Waals surface area contributed by atoms with Gasteiger partial charge in [0.25, 0.3) is 0 Å². The topological polar surface area (TPSA) is 52.0 Å². The van der Waals surface area contributed by atoms with E-state index in [2.05, 4.69) is 29.2 Å². The molecule has 1 aromatic rings. The number of hydrogen-bond acceptors (Lipinski definition) is 4. The van der Waals surface area contributed by atoms with E-state index in [1.54, 1.807) is 13.4 Å². The lowest BCUT2D eigenvalue weighted by Gasteiger charge is -2.24. The largest absolute Gasteiger partial charge is 0.380 e. The van der Waals surface area contributed by atoms with Crippen molar-refractivity contribution < 1.29 is 4.74 Å². The van der Waals surface area contributed by atoms with Crippen LogP contribution in [0, 0.1) is 0 Å². The molecular formula is C12H24N4O. The molecule has 98 valence electrons. The zero-order valence-corrected chi connectivity index (χ0v) is 11.3. The van der Waals surface area contributed by atoms with Gasteiger partial charge in [0.1, 0.15) is 12.2 Å². The van der Waals surface area contributed by atoms with E-state index in [0.717, 1.165) is 31.6 Å². The van der Waals surface area contributed by atoms with Crippen molar-refractivity contribution in [1.82, 2.24) is 20.1 Å². The van der Waals surface area contributed by atoms with Crippen molar-refractivity contribution in [2.75, 3.05) is 14.2 Å². The molecule has 0 saturated carbocycles. The van der Waals surface area contributed by atoms with Gasteiger partial charge in [0.05, 0.1) is 6.10 Å². The number of hydrogen-bond donors (Lipinski definition) is 1. The Kier molecular flexibility index (Phi) is 6.15. The summed E-state index contributed by atoms with van der Waals surface area (Å²) in [5.74, 6) is 1.03. The molecule has 5 heteroatoms. The first-order valence-corrected chi connectivity index (χ1v) is 6.33. The van der Waals surface area contributed by atoms with Crippen molar-refractivity contribution in [3.63, 3.8) is 0 Å². The molecule has 0 aromatic carbocycles. The van der Waals surface area contributed by atoms with E-state index < -0.39 is 0 Å². The highest BCUT2D eigenvalue weighted by molar-refractivity contribution is 4.92. The molecule has 0 aliphatic heterocycles. The third-order valence-electron chi connectivity index (χ3n) is 3.06. The minimum absolute atomic E-state index is 0.215. The molecule has 17 heavy (non-hydrogen) atoms. The Labute approximate surface area is 104 Å². The molecule has 2 atom stereocenters. The molecule has 1 aromatic heterocycles. The quantitative estimate of drug-likeness (QED) is 0.743. The third kappa shape index (κ3) is 3.78. The van der Waals surface area contributed by atoms with Gasteiger partial charge in [-0.2, -0.15) is 5.10 Å². The van der Waals surface area contributed by atoms with Gasteiger partial charge in [-0.1, -0.05) is 13.8 Å². The lowest BCUT2D eigenvalue weighted by atomic mass is 10.0. The van der Waals surface area contributed by atoms with Crippen LogP contribution in [-0.4, -0.2) is 41.1 Å². The van der Waals surface area contributed by atoms with Gasteiger partial charge in [-0.25, -0.2) is 4.98 Å². The predicted molar refractivity (Wildman–Crippen MR) is 68.0 cm³/mol. The zero-order chi connectivity index (χ0) is 12.7. The van der Waals surface area contributed by atoms with Gasteiger partial charge in [-0.3, -0.25) is 4.68 Å². The van der Waals surface area contributed by atoms with Gasteiger partial charge in [-0.15, -0.1) is 0 Å². The molecule has 0 fully saturated rings. The first-order valence-electron chi connectivity index (χ1n) is 6.33. The highest BCUT2D eigenvalue weighted by Gasteiger charge is 2.20. The van der Waals surface area contributed by atoms with E-state index in [1.807, 2.05) is 11.7 Å². The molecule has 2 unspecified atom stereocenters. The fourth-order valence-corrected chi connectivity index (χ4v) is 2.08. The summed E-state index contributed by atoms with van der Waals surface area (Å²) in [6.07, 6.45) is 4.76. The summed E-state index contributed by atoms with van der Waals surface area (Å²) in [5.41, 5.74) is 0. The molecule has 1 rings (SSSR count). The number of likely N-dealkylation sites (N-methyl/N-ethyl adjacent to an activating group) is 1. The molecule has 5 nitrogen and oxygen atoms in total. The van der Waals surface area contributed by atoms with Crippen LogP contribution in [0.15, 0.2) is 6.33 Å². The van der Waals surface area contributed by atoms with Gasteiger partial charge in [0, 0.05) is 26.1 Å². The summed E-state index contributed by atoms with van der Waals surface area (Å²) in [6.45, 7) is 5.20. The molecule has 0 aliphatic rings. The third-order valence-corrected chi connectivity index (χ3v) is 3.06. The maximum atomic E-state index is 5.48. The molecule has 0 spiro atoms. The van der Waals surface area contributed by atoms with Crippen molar-refractivity contribution in [2.24, 2.45) is 0 Å². The Morgan fingerprint density at radius 3 is 2.76 bits per heavy atom. The van der Waals surface area contributed by atoms with Crippen LogP contribution in [0.5, 0.6) is 0 Å². The maximum Gasteiger partial charge on any atom is 0.138 e. The number of nitrogens with zero attached hydrogens (tertiary/aromatic N) is 3. The van der Waals surface area contributed by atoms with E-state index in [0.29, 0.717) is 0 Å². The molecule has 0 saturated heterocycles. The Morgan fingerprint density at radius 1 is 1.47 bits per heavy atom. The smallest absolute Gasteiger partial charge is 0.138 e. The first-order chi connectivity index (χ1) is 8.26. The Morgan fingerprint density at radius 2 is 2.24 bits per heavy atom. The van der Waals surface area contributed by atoms with Crippen molar-refractivity contribution >= 4 is 0 Å². The number of nitrogens with one attached hydrogen (secondary N) is 1. The van der Waals surface area contributed by atoms with Crippen LogP contribution >= 0.6 is 0 Å². The van der Waals surface area contributed by atoms with Crippen LogP contribution in [0.2, 0.25) is 0 Å². The fourth-order valence-electron chi connectivity index (χ4n) is 2.08. The number of rotatable bonds is 8. The Bertz CT molecular complexity index is 309. The molecule has 1 heterocycles. The van der Waals surface area contributed by atoms with E-state index in [1.165, 1.54) is 0 Å². The number of aryl methyl sites for hydroxylation is 1. The van der Waals surface area contributed by atoms with Crippen LogP contribution in [0.4, 0.5) is 0 Å². The molecular weight excluding hydrogens is 216 g/mol. The van der Waals surface area contributed by atoms with Crippen molar-refractivity contribution in [2.45, 2.75) is 51.8 Å². The summed E-state index contributed by atoms with van der Waals surface area (Å²) in [6, 6.07) is 0.282. The number of aromatic nitrogens is 3. The highest BCUT2D eigenvalue weighted by atomic mass is 16.5. The standard InChI is InChI=1S/C12H24N4O/c1-5-7-16-12(14-9-15-16)8-10(13-3)11(6-2)17-4/h9-11,13H,5-8H2,1-4H3. The fraction of sp³-hybridized carbons (Fsp3) is 0.833. The number of ether oxygens (including phenoxy) is 1. The highest BCUT2D eigenvalue weighted by Crippen LogP contribution is 2.09. The summed E-state index contributed by atoms with van der Waals surface area (Å²) in [4.78, 5) is 4.33. The second-order valence-electron chi connectivity index (χ2n) is 4.18. The van der Waals surface area contributed by atoms with E-state index >= 15 is 0 Å². The number of methoxy groups -OCH3 is 1.